The Morgan fingerprint density at radius 1 is 0.893 bits per heavy atom. The first-order valence-electron chi connectivity index (χ1n) is 9.32. The van der Waals surface area contributed by atoms with Crippen LogP contribution in [0.5, 0.6) is 0 Å². The number of benzene rings is 2. The lowest BCUT2D eigenvalue weighted by Gasteiger charge is -2.29. The largest absolute Gasteiger partial charge is 0.354 e. The van der Waals surface area contributed by atoms with Crippen molar-refractivity contribution in [3.05, 3.63) is 69.7 Å². The molecule has 0 radical (unpaired) electrons. The average Bonchev–Trinajstić information content (AvgIpc) is 2.66. The van der Waals surface area contributed by atoms with E-state index in [2.05, 4.69) is 5.32 Å². The second-order valence-electron chi connectivity index (χ2n) is 7.27. The summed E-state index contributed by atoms with van der Waals surface area (Å²) in [7, 11) is 0. The van der Waals surface area contributed by atoms with Gasteiger partial charge in [0.05, 0.1) is 6.42 Å². The van der Waals surface area contributed by atoms with Crippen LogP contribution < -0.4 is 5.32 Å². The molecule has 0 heterocycles. The molecule has 0 aliphatic rings. The van der Waals surface area contributed by atoms with Gasteiger partial charge in [0.1, 0.15) is 6.04 Å². The molecule has 0 saturated heterocycles. The molecule has 0 aliphatic carbocycles. The number of nitrogens with zero attached hydrogens (tertiary/aromatic N) is 1. The standard InChI is InChI=1S/C22H26Cl2N2O2/c1-15(2)13-25-22(28)16(3)26(14-18-6-10-20(24)11-7-18)21(27)12-17-4-8-19(23)9-5-17/h4-11,15-16H,12-14H2,1-3H3,(H,25,28)/t16-/m0/s1. The Balaban J connectivity index is 2.18. The van der Waals surface area contributed by atoms with E-state index in [0.29, 0.717) is 29.1 Å². The quantitative estimate of drug-likeness (QED) is 0.670. The van der Waals surface area contributed by atoms with Crippen LogP contribution in [0.15, 0.2) is 48.5 Å². The molecule has 0 spiro atoms. The SMILES string of the molecule is CC(C)CNC(=O)[C@H](C)N(Cc1ccc(Cl)cc1)C(=O)Cc1ccc(Cl)cc1. The first-order chi connectivity index (χ1) is 13.3. The Kier molecular flexibility index (Phi) is 8.34. The molecule has 2 aromatic carbocycles. The molecule has 2 amide bonds. The molecule has 0 aliphatic heterocycles. The Labute approximate surface area is 176 Å². The average molecular weight is 421 g/mol. The summed E-state index contributed by atoms with van der Waals surface area (Å²) in [5, 5.41) is 4.16. The van der Waals surface area contributed by atoms with Gasteiger partial charge in [0.15, 0.2) is 0 Å². The molecule has 0 fully saturated rings. The van der Waals surface area contributed by atoms with Gasteiger partial charge < -0.3 is 10.2 Å². The molecule has 0 unspecified atom stereocenters. The molecule has 2 aromatic rings. The van der Waals surface area contributed by atoms with Crippen LogP contribution in [0.25, 0.3) is 0 Å². The number of carbonyl (C=O) groups is 2. The number of halogens is 2. The topological polar surface area (TPSA) is 49.4 Å². The third-order valence-corrected chi connectivity index (χ3v) is 4.89. The predicted octanol–water partition coefficient (Wildman–Crippen LogP) is 4.73. The summed E-state index contributed by atoms with van der Waals surface area (Å²) < 4.78 is 0. The Hall–Kier alpha value is -2.04. The van der Waals surface area contributed by atoms with E-state index in [9.17, 15) is 9.59 Å². The van der Waals surface area contributed by atoms with Crippen LogP contribution in [-0.2, 0) is 22.6 Å². The molecule has 4 nitrogen and oxygen atoms in total. The first kappa shape index (κ1) is 22.3. The predicted molar refractivity (Wildman–Crippen MR) is 114 cm³/mol. The number of nitrogens with one attached hydrogen (secondary N) is 1. The molecule has 1 N–H and O–H groups in total. The normalized spacial score (nSPS) is 11.9. The van der Waals surface area contributed by atoms with E-state index >= 15 is 0 Å². The minimum absolute atomic E-state index is 0.121. The van der Waals surface area contributed by atoms with Crippen molar-refractivity contribution < 1.29 is 9.59 Å². The van der Waals surface area contributed by atoms with E-state index in [1.165, 1.54) is 0 Å². The van der Waals surface area contributed by atoms with Gasteiger partial charge in [-0.2, -0.15) is 0 Å². The van der Waals surface area contributed by atoms with Crippen LogP contribution in [0.2, 0.25) is 10.0 Å². The zero-order valence-electron chi connectivity index (χ0n) is 16.4. The number of hydrogen-bond acceptors (Lipinski definition) is 2. The van der Waals surface area contributed by atoms with Gasteiger partial charge in [0, 0.05) is 23.1 Å². The van der Waals surface area contributed by atoms with Gasteiger partial charge in [0.2, 0.25) is 11.8 Å². The van der Waals surface area contributed by atoms with Gasteiger partial charge >= 0.3 is 0 Å². The summed E-state index contributed by atoms with van der Waals surface area (Å²) in [6, 6.07) is 13.9. The first-order valence-corrected chi connectivity index (χ1v) is 10.1. The Morgan fingerprint density at radius 3 is 1.89 bits per heavy atom. The van der Waals surface area contributed by atoms with Gasteiger partial charge in [-0.1, -0.05) is 61.3 Å². The van der Waals surface area contributed by atoms with Crippen molar-refractivity contribution >= 4 is 35.0 Å². The highest BCUT2D eigenvalue weighted by Crippen LogP contribution is 2.16. The molecule has 2 rings (SSSR count). The summed E-state index contributed by atoms with van der Waals surface area (Å²) in [6.45, 7) is 6.72. The van der Waals surface area contributed by atoms with E-state index in [1.807, 2.05) is 38.1 Å². The van der Waals surface area contributed by atoms with Gasteiger partial charge in [-0.05, 0) is 48.2 Å². The van der Waals surface area contributed by atoms with Crippen LogP contribution in [-0.4, -0.2) is 29.3 Å². The van der Waals surface area contributed by atoms with Crippen LogP contribution in [0, 0.1) is 5.92 Å². The lowest BCUT2D eigenvalue weighted by atomic mass is 10.1. The molecular formula is C22H26Cl2N2O2. The van der Waals surface area contributed by atoms with E-state index in [1.54, 1.807) is 36.1 Å². The van der Waals surface area contributed by atoms with Crippen molar-refractivity contribution in [2.24, 2.45) is 5.92 Å². The molecule has 0 saturated carbocycles. The lowest BCUT2D eigenvalue weighted by molar-refractivity contribution is -0.140. The minimum atomic E-state index is -0.589. The number of amides is 2. The minimum Gasteiger partial charge on any atom is -0.354 e. The van der Waals surface area contributed by atoms with Crippen LogP contribution in [0.3, 0.4) is 0 Å². The Morgan fingerprint density at radius 2 is 1.39 bits per heavy atom. The number of hydrogen-bond donors (Lipinski definition) is 1. The fourth-order valence-electron chi connectivity index (χ4n) is 2.70. The second kappa shape index (κ2) is 10.5. The van der Waals surface area contributed by atoms with Gasteiger partial charge in [-0.3, -0.25) is 9.59 Å². The number of rotatable bonds is 8. The maximum atomic E-state index is 13.0. The van der Waals surface area contributed by atoms with Crippen LogP contribution in [0.1, 0.15) is 31.9 Å². The van der Waals surface area contributed by atoms with Gasteiger partial charge in [-0.25, -0.2) is 0 Å². The summed E-state index contributed by atoms with van der Waals surface area (Å²) in [5.74, 6) is 0.0576. The third kappa shape index (κ3) is 6.84. The summed E-state index contributed by atoms with van der Waals surface area (Å²) in [6.07, 6.45) is 0.201. The van der Waals surface area contributed by atoms with Crippen molar-refractivity contribution in [1.29, 1.82) is 0 Å². The van der Waals surface area contributed by atoms with Gasteiger partial charge in [-0.15, -0.1) is 0 Å². The molecule has 0 bridgehead atoms. The molecule has 6 heteroatoms. The maximum absolute atomic E-state index is 13.0. The number of carbonyl (C=O) groups excluding carboxylic acids is 2. The Bertz CT molecular complexity index is 789. The van der Waals surface area contributed by atoms with E-state index in [4.69, 9.17) is 23.2 Å². The summed E-state index contributed by atoms with van der Waals surface area (Å²) in [4.78, 5) is 27.2. The van der Waals surface area contributed by atoms with Crippen molar-refractivity contribution in [3.8, 4) is 0 Å². The summed E-state index contributed by atoms with van der Waals surface area (Å²) >= 11 is 11.9. The van der Waals surface area contributed by atoms with E-state index in [-0.39, 0.29) is 18.2 Å². The summed E-state index contributed by atoms with van der Waals surface area (Å²) in [5.41, 5.74) is 1.77. The maximum Gasteiger partial charge on any atom is 0.242 e. The third-order valence-electron chi connectivity index (χ3n) is 4.39. The molecule has 150 valence electrons. The van der Waals surface area contributed by atoms with Crippen molar-refractivity contribution in [2.75, 3.05) is 6.54 Å². The zero-order chi connectivity index (χ0) is 20.7. The van der Waals surface area contributed by atoms with Crippen LogP contribution >= 0.6 is 23.2 Å². The smallest absolute Gasteiger partial charge is 0.242 e. The molecule has 0 aromatic heterocycles. The fraction of sp³-hybridized carbons (Fsp3) is 0.364. The molecule has 28 heavy (non-hydrogen) atoms. The van der Waals surface area contributed by atoms with Crippen molar-refractivity contribution in [2.45, 2.75) is 39.8 Å². The van der Waals surface area contributed by atoms with Crippen LogP contribution in [0.4, 0.5) is 0 Å². The van der Waals surface area contributed by atoms with Gasteiger partial charge in [0.25, 0.3) is 0 Å². The molecular weight excluding hydrogens is 395 g/mol. The van der Waals surface area contributed by atoms with Crippen molar-refractivity contribution in [3.63, 3.8) is 0 Å². The highest BCUT2D eigenvalue weighted by molar-refractivity contribution is 6.30. The molecule has 1 atom stereocenters. The monoisotopic (exact) mass is 420 g/mol. The second-order valence-corrected chi connectivity index (χ2v) is 8.14. The highest BCUT2D eigenvalue weighted by atomic mass is 35.5. The highest BCUT2D eigenvalue weighted by Gasteiger charge is 2.26. The van der Waals surface area contributed by atoms with Crippen molar-refractivity contribution in [1.82, 2.24) is 10.2 Å². The van der Waals surface area contributed by atoms with E-state index < -0.39 is 6.04 Å². The zero-order valence-corrected chi connectivity index (χ0v) is 17.9. The van der Waals surface area contributed by atoms with E-state index in [0.717, 1.165) is 11.1 Å². The lowest BCUT2D eigenvalue weighted by Crippen LogP contribution is -2.48. The fourth-order valence-corrected chi connectivity index (χ4v) is 2.95.